The molecule has 3 nitrogen and oxygen atoms in total. The van der Waals surface area contributed by atoms with E-state index in [0.717, 1.165) is 24.1 Å². The summed E-state index contributed by atoms with van der Waals surface area (Å²) in [5.74, 6) is -0.697. The van der Waals surface area contributed by atoms with Crippen molar-refractivity contribution >= 4 is 11.7 Å². The van der Waals surface area contributed by atoms with E-state index in [-0.39, 0.29) is 0 Å². The summed E-state index contributed by atoms with van der Waals surface area (Å²) in [5.41, 5.74) is 1.35. The Bertz CT molecular complexity index is 394. The van der Waals surface area contributed by atoms with Crippen LogP contribution in [0.1, 0.15) is 18.4 Å². The van der Waals surface area contributed by atoms with Crippen LogP contribution in [-0.2, 0) is 10.2 Å². The summed E-state index contributed by atoms with van der Waals surface area (Å²) in [4.78, 5) is 13.2. The standard InChI is InChI=1S/C12H15NO2/c1-13(2)10-6-4-3-5-9(10)12(7-8-12)11(14)15/h3-6H,7-8H2,1-2H3,(H,14,15). The lowest BCUT2D eigenvalue weighted by atomic mass is 9.94. The van der Waals surface area contributed by atoms with E-state index in [1.165, 1.54) is 0 Å². The molecule has 0 atom stereocenters. The molecule has 0 bridgehead atoms. The molecule has 1 N–H and O–H groups in total. The topological polar surface area (TPSA) is 40.5 Å². The number of carboxylic acid groups (broad SMARTS) is 1. The van der Waals surface area contributed by atoms with Crippen LogP contribution in [0.2, 0.25) is 0 Å². The Labute approximate surface area is 89.3 Å². The third kappa shape index (κ3) is 1.48. The Morgan fingerprint density at radius 2 is 1.93 bits per heavy atom. The van der Waals surface area contributed by atoms with Gasteiger partial charge in [0.2, 0.25) is 0 Å². The Morgan fingerprint density at radius 1 is 1.33 bits per heavy atom. The van der Waals surface area contributed by atoms with Crippen LogP contribution in [-0.4, -0.2) is 25.2 Å². The zero-order valence-corrected chi connectivity index (χ0v) is 9.03. The highest BCUT2D eigenvalue weighted by Crippen LogP contribution is 2.51. The van der Waals surface area contributed by atoms with Crippen LogP contribution in [0.4, 0.5) is 5.69 Å². The lowest BCUT2D eigenvalue weighted by Gasteiger charge is -2.21. The molecule has 1 aliphatic rings. The summed E-state index contributed by atoms with van der Waals surface area (Å²) >= 11 is 0. The molecule has 2 rings (SSSR count). The molecule has 0 radical (unpaired) electrons. The lowest BCUT2D eigenvalue weighted by molar-refractivity contribution is -0.140. The number of anilines is 1. The summed E-state index contributed by atoms with van der Waals surface area (Å²) in [5, 5.41) is 9.24. The predicted octanol–water partition coefficient (Wildman–Crippen LogP) is 1.87. The van der Waals surface area contributed by atoms with E-state index in [9.17, 15) is 9.90 Å². The molecule has 1 aliphatic carbocycles. The second-order valence-corrected chi connectivity index (χ2v) is 4.30. The van der Waals surface area contributed by atoms with E-state index in [1.54, 1.807) is 0 Å². The van der Waals surface area contributed by atoms with Gasteiger partial charge in [0.1, 0.15) is 0 Å². The molecule has 0 unspecified atom stereocenters. The van der Waals surface area contributed by atoms with E-state index in [0.29, 0.717) is 0 Å². The first-order valence-electron chi connectivity index (χ1n) is 5.08. The number of carbonyl (C=O) groups is 1. The third-order valence-corrected chi connectivity index (χ3v) is 3.06. The summed E-state index contributed by atoms with van der Waals surface area (Å²) in [6, 6.07) is 7.75. The minimum absolute atomic E-state index is 0.610. The molecule has 80 valence electrons. The maximum absolute atomic E-state index is 11.2. The van der Waals surface area contributed by atoms with Gasteiger partial charge in [0.15, 0.2) is 0 Å². The van der Waals surface area contributed by atoms with Gasteiger partial charge in [-0.05, 0) is 24.5 Å². The molecule has 1 aromatic rings. The normalized spacial score (nSPS) is 17.2. The van der Waals surface area contributed by atoms with Gasteiger partial charge in [0, 0.05) is 19.8 Å². The van der Waals surface area contributed by atoms with Gasteiger partial charge in [0.05, 0.1) is 5.41 Å². The van der Waals surface area contributed by atoms with E-state index in [4.69, 9.17) is 0 Å². The Morgan fingerprint density at radius 3 is 2.40 bits per heavy atom. The molecule has 0 aliphatic heterocycles. The summed E-state index contributed by atoms with van der Waals surface area (Å²) in [7, 11) is 3.88. The number of carboxylic acids is 1. The van der Waals surface area contributed by atoms with Crippen LogP contribution < -0.4 is 4.90 Å². The van der Waals surface area contributed by atoms with Gasteiger partial charge in [-0.2, -0.15) is 0 Å². The molecule has 1 fully saturated rings. The summed E-state index contributed by atoms with van der Waals surface area (Å²) < 4.78 is 0. The Hall–Kier alpha value is -1.51. The number of hydrogen-bond donors (Lipinski definition) is 1. The van der Waals surface area contributed by atoms with Gasteiger partial charge >= 0.3 is 5.97 Å². The molecule has 3 heteroatoms. The van der Waals surface area contributed by atoms with Gasteiger partial charge in [-0.25, -0.2) is 0 Å². The summed E-state index contributed by atoms with van der Waals surface area (Å²) in [6.07, 6.45) is 1.51. The number of hydrogen-bond acceptors (Lipinski definition) is 2. The minimum Gasteiger partial charge on any atom is -0.481 e. The van der Waals surface area contributed by atoms with Gasteiger partial charge in [0.25, 0.3) is 0 Å². The van der Waals surface area contributed by atoms with Crippen molar-refractivity contribution in [2.75, 3.05) is 19.0 Å². The maximum atomic E-state index is 11.2. The minimum atomic E-state index is -0.697. The second-order valence-electron chi connectivity index (χ2n) is 4.30. The Balaban J connectivity index is 2.49. The first kappa shape index (κ1) is 10.0. The van der Waals surface area contributed by atoms with Crippen LogP contribution in [0.25, 0.3) is 0 Å². The van der Waals surface area contributed by atoms with Crippen molar-refractivity contribution in [2.45, 2.75) is 18.3 Å². The van der Waals surface area contributed by atoms with Crippen LogP contribution >= 0.6 is 0 Å². The van der Waals surface area contributed by atoms with Crippen molar-refractivity contribution in [1.82, 2.24) is 0 Å². The van der Waals surface area contributed by atoms with Gasteiger partial charge in [-0.3, -0.25) is 4.79 Å². The third-order valence-electron chi connectivity index (χ3n) is 3.06. The number of para-hydroxylation sites is 1. The fourth-order valence-electron chi connectivity index (χ4n) is 1.99. The molecule has 15 heavy (non-hydrogen) atoms. The van der Waals surface area contributed by atoms with Crippen LogP contribution in [0.3, 0.4) is 0 Å². The number of rotatable bonds is 3. The van der Waals surface area contributed by atoms with Gasteiger partial charge < -0.3 is 10.0 Å². The van der Waals surface area contributed by atoms with Crippen molar-refractivity contribution in [3.05, 3.63) is 29.8 Å². The zero-order chi connectivity index (χ0) is 11.1. The van der Waals surface area contributed by atoms with Crippen molar-refractivity contribution in [3.8, 4) is 0 Å². The highest BCUT2D eigenvalue weighted by molar-refractivity contribution is 5.87. The average molecular weight is 205 g/mol. The number of nitrogens with zero attached hydrogens (tertiary/aromatic N) is 1. The van der Waals surface area contributed by atoms with Crippen LogP contribution in [0.15, 0.2) is 24.3 Å². The average Bonchev–Trinajstić information content (AvgIpc) is 2.98. The van der Waals surface area contributed by atoms with Crippen LogP contribution in [0.5, 0.6) is 0 Å². The fraction of sp³-hybridized carbons (Fsp3) is 0.417. The van der Waals surface area contributed by atoms with Gasteiger partial charge in [-0.1, -0.05) is 18.2 Å². The second kappa shape index (κ2) is 3.26. The highest BCUT2D eigenvalue weighted by Gasteiger charge is 2.52. The van der Waals surface area contributed by atoms with E-state index < -0.39 is 11.4 Å². The Kier molecular flexibility index (Phi) is 2.18. The monoisotopic (exact) mass is 205 g/mol. The quantitative estimate of drug-likeness (QED) is 0.819. The van der Waals surface area contributed by atoms with Crippen molar-refractivity contribution in [2.24, 2.45) is 0 Å². The molecular weight excluding hydrogens is 190 g/mol. The van der Waals surface area contributed by atoms with Crippen molar-refractivity contribution < 1.29 is 9.90 Å². The largest absolute Gasteiger partial charge is 0.481 e. The van der Waals surface area contributed by atoms with E-state index in [1.807, 2.05) is 43.3 Å². The highest BCUT2D eigenvalue weighted by atomic mass is 16.4. The van der Waals surface area contributed by atoms with E-state index >= 15 is 0 Å². The van der Waals surface area contributed by atoms with Crippen LogP contribution in [0, 0.1) is 0 Å². The summed E-state index contributed by atoms with van der Waals surface area (Å²) in [6.45, 7) is 0. The molecule has 1 aromatic carbocycles. The van der Waals surface area contributed by atoms with E-state index in [2.05, 4.69) is 0 Å². The van der Waals surface area contributed by atoms with Gasteiger partial charge in [-0.15, -0.1) is 0 Å². The maximum Gasteiger partial charge on any atom is 0.314 e. The smallest absolute Gasteiger partial charge is 0.314 e. The molecule has 0 amide bonds. The molecule has 0 aromatic heterocycles. The fourth-order valence-corrected chi connectivity index (χ4v) is 1.99. The molecule has 1 saturated carbocycles. The molecular formula is C12H15NO2. The lowest BCUT2D eigenvalue weighted by Crippen LogP contribution is -2.23. The first-order valence-corrected chi connectivity index (χ1v) is 5.08. The predicted molar refractivity (Wildman–Crippen MR) is 59.3 cm³/mol. The molecule has 0 heterocycles. The number of aliphatic carboxylic acids is 1. The first-order chi connectivity index (χ1) is 7.08. The van der Waals surface area contributed by atoms with Crippen molar-refractivity contribution in [3.63, 3.8) is 0 Å². The number of benzene rings is 1. The molecule has 0 saturated heterocycles. The molecule has 0 spiro atoms. The zero-order valence-electron chi connectivity index (χ0n) is 9.03. The van der Waals surface area contributed by atoms with Crippen molar-refractivity contribution in [1.29, 1.82) is 0 Å². The SMILES string of the molecule is CN(C)c1ccccc1C1(C(=O)O)CC1.